The number of nitrogens with zero attached hydrogens (tertiary/aromatic N) is 1. The van der Waals surface area contributed by atoms with E-state index in [-0.39, 0.29) is 29.9 Å². The number of aromatic amines is 2. The predicted molar refractivity (Wildman–Crippen MR) is 114 cm³/mol. The number of ether oxygens (including phenoxy) is 2. The van der Waals surface area contributed by atoms with Gasteiger partial charge in [-0.3, -0.25) is 9.59 Å². The van der Waals surface area contributed by atoms with Gasteiger partial charge >= 0.3 is 0 Å². The van der Waals surface area contributed by atoms with Gasteiger partial charge in [0.05, 0.1) is 31.8 Å². The van der Waals surface area contributed by atoms with Gasteiger partial charge in [-0.1, -0.05) is 0 Å². The first kappa shape index (κ1) is 20.2. The van der Waals surface area contributed by atoms with Crippen LogP contribution in [0.15, 0.2) is 41.2 Å². The summed E-state index contributed by atoms with van der Waals surface area (Å²) in [4.78, 5) is 33.0. The molecule has 2 aromatic carbocycles. The van der Waals surface area contributed by atoms with Crippen LogP contribution in [0.1, 0.15) is 27.8 Å². The highest BCUT2D eigenvalue weighted by molar-refractivity contribution is 5.98. The number of hydrogen-bond donors (Lipinski definition) is 2. The van der Waals surface area contributed by atoms with Crippen LogP contribution in [0.5, 0.6) is 5.75 Å². The minimum Gasteiger partial charge on any atom is -0.497 e. The van der Waals surface area contributed by atoms with E-state index < -0.39 is 23.2 Å². The topological polar surface area (TPSA) is 87.4 Å². The summed E-state index contributed by atoms with van der Waals surface area (Å²) in [6, 6.07) is 8.44. The van der Waals surface area contributed by atoms with Gasteiger partial charge in [-0.25, -0.2) is 8.78 Å². The van der Waals surface area contributed by atoms with Crippen molar-refractivity contribution in [1.82, 2.24) is 14.9 Å². The number of methoxy groups -OCH3 is 1. The Morgan fingerprint density at radius 2 is 1.88 bits per heavy atom. The number of rotatable bonds is 3. The molecule has 0 saturated carbocycles. The molecule has 1 aliphatic heterocycles. The van der Waals surface area contributed by atoms with Crippen molar-refractivity contribution in [3.05, 3.63) is 75.3 Å². The minimum absolute atomic E-state index is 0.0214. The van der Waals surface area contributed by atoms with Crippen LogP contribution in [0.4, 0.5) is 8.78 Å². The number of hydrogen-bond acceptors (Lipinski definition) is 4. The highest BCUT2D eigenvalue weighted by Crippen LogP contribution is 2.34. The number of halogens is 2. The Bertz CT molecular complexity index is 1440. The molecule has 1 aliphatic rings. The molecule has 0 fully saturated rings. The quantitative estimate of drug-likeness (QED) is 0.510. The SMILES string of the molecule is COc1ccc2cc(C(=O)N(C)[C@@H]3COCc4[nH]c(=O)c5cc(F)c(F)cc5c43)[nH]c2c1. The molecule has 0 aliphatic carbocycles. The lowest BCUT2D eigenvalue weighted by Gasteiger charge is -2.33. The molecule has 9 heteroatoms. The first-order valence-electron chi connectivity index (χ1n) is 9.93. The van der Waals surface area contributed by atoms with E-state index in [0.29, 0.717) is 22.7 Å². The third-order valence-corrected chi connectivity index (χ3v) is 5.89. The van der Waals surface area contributed by atoms with Crippen LogP contribution in [-0.2, 0) is 11.3 Å². The summed E-state index contributed by atoms with van der Waals surface area (Å²) in [6.45, 7) is 0.244. The van der Waals surface area contributed by atoms with Crippen LogP contribution in [-0.4, -0.2) is 41.5 Å². The first-order chi connectivity index (χ1) is 15.4. The van der Waals surface area contributed by atoms with Gasteiger partial charge in [0.25, 0.3) is 11.5 Å². The molecule has 2 N–H and O–H groups in total. The summed E-state index contributed by atoms with van der Waals surface area (Å²) < 4.78 is 38.7. The molecule has 0 bridgehead atoms. The largest absolute Gasteiger partial charge is 0.497 e. The molecular formula is C23H19F2N3O4. The van der Waals surface area contributed by atoms with Crippen molar-refractivity contribution in [2.75, 3.05) is 20.8 Å². The lowest BCUT2D eigenvalue weighted by Crippen LogP contribution is -2.37. The number of pyridine rings is 1. The number of H-pyrrole nitrogens is 2. The lowest BCUT2D eigenvalue weighted by molar-refractivity contribution is 0.0333. The fourth-order valence-corrected chi connectivity index (χ4v) is 4.23. The van der Waals surface area contributed by atoms with E-state index in [1.165, 1.54) is 4.90 Å². The van der Waals surface area contributed by atoms with Crippen molar-refractivity contribution in [3.63, 3.8) is 0 Å². The number of carbonyl (C=O) groups is 1. The summed E-state index contributed by atoms with van der Waals surface area (Å²) in [5, 5.41) is 1.13. The van der Waals surface area contributed by atoms with E-state index >= 15 is 0 Å². The Kier molecular flexibility index (Phi) is 4.70. The third-order valence-electron chi connectivity index (χ3n) is 5.89. The zero-order chi connectivity index (χ0) is 22.6. The second kappa shape index (κ2) is 7.45. The van der Waals surface area contributed by atoms with Crippen LogP contribution < -0.4 is 10.3 Å². The average Bonchev–Trinajstić information content (AvgIpc) is 3.22. The number of benzene rings is 2. The van der Waals surface area contributed by atoms with Gasteiger partial charge in [0, 0.05) is 35.3 Å². The second-order valence-corrected chi connectivity index (χ2v) is 7.74. The summed E-state index contributed by atoms with van der Waals surface area (Å²) in [5.41, 5.74) is 1.53. The number of amides is 1. The van der Waals surface area contributed by atoms with Gasteiger partial charge in [-0.15, -0.1) is 0 Å². The molecule has 32 heavy (non-hydrogen) atoms. The van der Waals surface area contributed by atoms with Crippen molar-refractivity contribution >= 4 is 27.6 Å². The van der Waals surface area contributed by atoms with Crippen molar-refractivity contribution in [2.45, 2.75) is 12.6 Å². The van der Waals surface area contributed by atoms with Crippen LogP contribution in [0.25, 0.3) is 21.7 Å². The molecule has 3 heterocycles. The Morgan fingerprint density at radius 3 is 2.62 bits per heavy atom. The van der Waals surface area contributed by atoms with E-state index in [1.54, 1.807) is 32.4 Å². The Hall–Kier alpha value is -3.72. The molecule has 7 nitrogen and oxygen atoms in total. The van der Waals surface area contributed by atoms with Crippen LogP contribution >= 0.6 is 0 Å². The number of likely N-dealkylation sites (N-methyl/N-ethyl adjacent to an activating group) is 1. The lowest BCUT2D eigenvalue weighted by atomic mass is 9.95. The van der Waals surface area contributed by atoms with Gasteiger partial charge in [0.15, 0.2) is 11.6 Å². The number of nitrogens with one attached hydrogen (secondary N) is 2. The zero-order valence-electron chi connectivity index (χ0n) is 17.3. The smallest absolute Gasteiger partial charge is 0.270 e. The van der Waals surface area contributed by atoms with Crippen LogP contribution in [0.3, 0.4) is 0 Å². The molecule has 0 spiro atoms. The fourth-order valence-electron chi connectivity index (χ4n) is 4.23. The average molecular weight is 439 g/mol. The Labute approximate surface area is 180 Å². The van der Waals surface area contributed by atoms with Gasteiger partial charge in [0.2, 0.25) is 0 Å². The van der Waals surface area contributed by atoms with Crippen molar-refractivity contribution < 1.29 is 23.0 Å². The van der Waals surface area contributed by atoms with Crippen molar-refractivity contribution in [1.29, 1.82) is 0 Å². The summed E-state index contributed by atoms with van der Waals surface area (Å²) in [7, 11) is 3.17. The number of fused-ring (bicyclic) bond motifs is 4. The van der Waals surface area contributed by atoms with Crippen molar-refractivity contribution in [3.8, 4) is 5.75 Å². The normalized spacial score (nSPS) is 15.7. The molecule has 5 rings (SSSR count). The van der Waals surface area contributed by atoms with Crippen LogP contribution in [0.2, 0.25) is 0 Å². The fraction of sp³-hybridized carbons (Fsp3) is 0.217. The monoisotopic (exact) mass is 439 g/mol. The van der Waals surface area contributed by atoms with Gasteiger partial charge < -0.3 is 24.3 Å². The summed E-state index contributed by atoms with van der Waals surface area (Å²) >= 11 is 0. The minimum atomic E-state index is -1.11. The Balaban J connectivity index is 1.59. The van der Waals surface area contributed by atoms with Crippen molar-refractivity contribution in [2.24, 2.45) is 0 Å². The highest BCUT2D eigenvalue weighted by Gasteiger charge is 2.32. The number of aromatic nitrogens is 2. The van der Waals surface area contributed by atoms with E-state index in [1.807, 2.05) is 6.07 Å². The van der Waals surface area contributed by atoms with Crippen LogP contribution in [0, 0.1) is 11.6 Å². The maximum atomic E-state index is 14.1. The molecule has 0 radical (unpaired) electrons. The molecule has 2 aromatic heterocycles. The number of carbonyl (C=O) groups excluding carboxylic acids is 1. The molecule has 1 amide bonds. The predicted octanol–water partition coefficient (Wildman–Crippen LogP) is 3.64. The van der Waals surface area contributed by atoms with Gasteiger partial charge in [-0.2, -0.15) is 0 Å². The maximum absolute atomic E-state index is 14.1. The second-order valence-electron chi connectivity index (χ2n) is 7.74. The van der Waals surface area contributed by atoms with E-state index in [0.717, 1.165) is 23.0 Å². The molecular weight excluding hydrogens is 420 g/mol. The maximum Gasteiger partial charge on any atom is 0.270 e. The third kappa shape index (κ3) is 3.13. The molecule has 0 unspecified atom stereocenters. The van der Waals surface area contributed by atoms with E-state index in [2.05, 4.69) is 9.97 Å². The Morgan fingerprint density at radius 1 is 1.12 bits per heavy atom. The molecule has 0 saturated heterocycles. The first-order valence-corrected chi connectivity index (χ1v) is 9.93. The molecule has 4 aromatic rings. The molecule has 1 atom stereocenters. The van der Waals surface area contributed by atoms with E-state index in [9.17, 15) is 18.4 Å². The highest BCUT2D eigenvalue weighted by atomic mass is 19.2. The standard InChI is InChI=1S/C23H19F2N3O4/c1-28(23(30)18-5-11-3-4-12(31-2)6-17(11)26-18)20-10-32-9-19-21(20)13-7-15(24)16(25)8-14(13)22(29)27-19/h3-8,20,26H,9-10H2,1-2H3,(H,27,29)/t20-/m1/s1. The zero-order valence-corrected chi connectivity index (χ0v) is 17.3. The summed E-state index contributed by atoms with van der Waals surface area (Å²) in [5.74, 6) is -1.83. The van der Waals surface area contributed by atoms with Gasteiger partial charge in [0.1, 0.15) is 11.4 Å². The summed E-state index contributed by atoms with van der Waals surface area (Å²) in [6.07, 6.45) is 0. The van der Waals surface area contributed by atoms with E-state index in [4.69, 9.17) is 9.47 Å². The van der Waals surface area contributed by atoms with Gasteiger partial charge in [-0.05, 0) is 35.7 Å². The molecule has 164 valence electrons.